The molecule has 0 aliphatic rings. The molecule has 20 heavy (non-hydrogen) atoms. The van der Waals surface area contributed by atoms with Crippen LogP contribution in [0.1, 0.15) is 23.0 Å². The van der Waals surface area contributed by atoms with Crippen molar-refractivity contribution in [3.05, 3.63) is 52.4 Å². The maximum atomic E-state index is 12.5. The molecule has 1 N–H and O–H groups in total. The third-order valence-corrected chi connectivity index (χ3v) is 3.32. The highest BCUT2D eigenvalue weighted by Gasteiger charge is 2.16. The van der Waals surface area contributed by atoms with E-state index in [4.69, 9.17) is 4.42 Å². The Morgan fingerprint density at radius 3 is 2.70 bits per heavy atom. The third kappa shape index (κ3) is 3.42. The van der Waals surface area contributed by atoms with Crippen LogP contribution in [0, 0.1) is 0 Å². The van der Waals surface area contributed by atoms with Gasteiger partial charge in [0.15, 0.2) is 4.67 Å². The summed E-state index contributed by atoms with van der Waals surface area (Å²) in [7, 11) is 1.77. The van der Waals surface area contributed by atoms with Crippen LogP contribution in [0.5, 0.6) is 0 Å². The Kier molecular flexibility index (Phi) is 4.84. The second kappa shape index (κ2) is 6.61. The largest absolute Gasteiger partial charge is 0.452 e. The van der Waals surface area contributed by atoms with Gasteiger partial charge >= 0.3 is 0 Å². The summed E-state index contributed by atoms with van der Waals surface area (Å²) in [6.45, 7) is 3.22. The van der Waals surface area contributed by atoms with Gasteiger partial charge < -0.3 is 14.6 Å². The van der Waals surface area contributed by atoms with Gasteiger partial charge in [0.25, 0.3) is 5.91 Å². The summed E-state index contributed by atoms with van der Waals surface area (Å²) in [5.74, 6) is 0.711. The Labute approximate surface area is 126 Å². The molecule has 0 radical (unpaired) electrons. The van der Waals surface area contributed by atoms with Crippen LogP contribution in [0.25, 0.3) is 0 Å². The molecule has 4 nitrogen and oxygen atoms in total. The fourth-order valence-corrected chi connectivity index (χ4v) is 2.30. The Hall–Kier alpha value is -1.75. The zero-order valence-corrected chi connectivity index (χ0v) is 13.1. The first-order chi connectivity index (χ1) is 9.61. The first-order valence-electron chi connectivity index (χ1n) is 6.44. The number of rotatable bonds is 5. The standard InChI is InChI=1S/C15H17BrN2O2/c1-3-17-13-7-5-4-6-12(13)15(19)18(2)10-11-8-9-14(16)20-11/h4-9,17H,3,10H2,1-2H3. The lowest BCUT2D eigenvalue weighted by Gasteiger charge is -2.18. The molecule has 5 heteroatoms. The molecule has 2 rings (SSSR count). The van der Waals surface area contributed by atoms with Crippen molar-refractivity contribution in [1.29, 1.82) is 0 Å². The zero-order chi connectivity index (χ0) is 14.5. The van der Waals surface area contributed by atoms with Crippen molar-refractivity contribution in [2.45, 2.75) is 13.5 Å². The number of nitrogens with one attached hydrogen (secondary N) is 1. The van der Waals surface area contributed by atoms with Crippen molar-refractivity contribution in [3.63, 3.8) is 0 Å². The molecular formula is C15H17BrN2O2. The lowest BCUT2D eigenvalue weighted by atomic mass is 10.1. The Morgan fingerprint density at radius 1 is 1.30 bits per heavy atom. The molecule has 1 amide bonds. The number of hydrogen-bond acceptors (Lipinski definition) is 3. The predicted octanol–water partition coefficient (Wildman–Crippen LogP) is 3.75. The van der Waals surface area contributed by atoms with Gasteiger partial charge in [0.1, 0.15) is 5.76 Å². The minimum absolute atomic E-state index is 0.0333. The summed E-state index contributed by atoms with van der Waals surface area (Å²) in [5, 5.41) is 3.20. The molecule has 0 unspecified atom stereocenters. The normalized spacial score (nSPS) is 10.3. The lowest BCUT2D eigenvalue weighted by Crippen LogP contribution is -2.26. The molecule has 0 saturated heterocycles. The summed E-state index contributed by atoms with van der Waals surface area (Å²) in [5.41, 5.74) is 1.52. The van der Waals surface area contributed by atoms with Gasteiger partial charge in [-0.05, 0) is 47.1 Å². The van der Waals surface area contributed by atoms with Gasteiger partial charge in [-0.1, -0.05) is 12.1 Å². The van der Waals surface area contributed by atoms with Gasteiger partial charge in [0, 0.05) is 19.3 Å². The fourth-order valence-electron chi connectivity index (χ4n) is 1.96. The average Bonchev–Trinajstić information content (AvgIpc) is 2.84. The molecule has 0 bridgehead atoms. The molecule has 1 aromatic carbocycles. The van der Waals surface area contributed by atoms with Crippen LogP contribution in [0.4, 0.5) is 5.69 Å². The van der Waals surface area contributed by atoms with Crippen LogP contribution in [-0.2, 0) is 6.54 Å². The van der Waals surface area contributed by atoms with E-state index >= 15 is 0 Å². The molecule has 1 heterocycles. The number of amides is 1. The Bertz CT molecular complexity index is 595. The summed E-state index contributed by atoms with van der Waals surface area (Å²) < 4.78 is 6.09. The number of carbonyl (C=O) groups is 1. The van der Waals surface area contributed by atoms with Gasteiger partial charge in [0.05, 0.1) is 12.1 Å². The van der Waals surface area contributed by atoms with E-state index in [1.54, 1.807) is 11.9 Å². The predicted molar refractivity (Wildman–Crippen MR) is 82.8 cm³/mol. The minimum atomic E-state index is -0.0333. The van der Waals surface area contributed by atoms with E-state index in [1.165, 1.54) is 0 Å². The van der Waals surface area contributed by atoms with Gasteiger partial charge in [-0.15, -0.1) is 0 Å². The summed E-state index contributed by atoms with van der Waals surface area (Å²) in [4.78, 5) is 14.1. The molecule has 0 spiro atoms. The second-order valence-electron chi connectivity index (χ2n) is 4.44. The van der Waals surface area contributed by atoms with E-state index in [0.717, 1.165) is 18.0 Å². The monoisotopic (exact) mass is 336 g/mol. The van der Waals surface area contributed by atoms with Crippen molar-refractivity contribution in [3.8, 4) is 0 Å². The van der Waals surface area contributed by atoms with Crippen molar-refractivity contribution < 1.29 is 9.21 Å². The van der Waals surface area contributed by atoms with Crippen LogP contribution in [-0.4, -0.2) is 24.4 Å². The van der Waals surface area contributed by atoms with Crippen molar-refractivity contribution in [2.24, 2.45) is 0 Å². The molecule has 1 aromatic heterocycles. The number of benzene rings is 1. The highest BCUT2D eigenvalue weighted by Crippen LogP contribution is 2.19. The summed E-state index contributed by atoms with van der Waals surface area (Å²) in [6, 6.07) is 11.2. The number of halogens is 1. The van der Waals surface area contributed by atoms with Gasteiger partial charge in [-0.2, -0.15) is 0 Å². The highest BCUT2D eigenvalue weighted by molar-refractivity contribution is 9.10. The molecule has 0 fully saturated rings. The Morgan fingerprint density at radius 2 is 2.05 bits per heavy atom. The first kappa shape index (κ1) is 14.7. The molecule has 0 atom stereocenters. The second-order valence-corrected chi connectivity index (χ2v) is 5.22. The van der Waals surface area contributed by atoms with Crippen LogP contribution in [0.3, 0.4) is 0 Å². The number of anilines is 1. The van der Waals surface area contributed by atoms with Gasteiger partial charge in [-0.3, -0.25) is 4.79 Å². The van der Waals surface area contributed by atoms with E-state index in [0.29, 0.717) is 16.8 Å². The number of nitrogens with zero attached hydrogens (tertiary/aromatic N) is 1. The Balaban J connectivity index is 2.14. The zero-order valence-electron chi connectivity index (χ0n) is 11.5. The van der Waals surface area contributed by atoms with Gasteiger partial charge in [-0.25, -0.2) is 0 Å². The van der Waals surface area contributed by atoms with E-state index in [1.807, 2.05) is 43.3 Å². The third-order valence-electron chi connectivity index (χ3n) is 2.89. The van der Waals surface area contributed by atoms with Gasteiger partial charge in [0.2, 0.25) is 0 Å². The van der Waals surface area contributed by atoms with Crippen LogP contribution < -0.4 is 5.32 Å². The SMILES string of the molecule is CCNc1ccccc1C(=O)N(C)Cc1ccc(Br)o1. The maximum Gasteiger partial charge on any atom is 0.256 e. The maximum absolute atomic E-state index is 12.5. The summed E-state index contributed by atoms with van der Waals surface area (Å²) in [6.07, 6.45) is 0. The van der Waals surface area contributed by atoms with E-state index in [-0.39, 0.29) is 5.91 Å². The quantitative estimate of drug-likeness (QED) is 0.904. The minimum Gasteiger partial charge on any atom is -0.452 e. The average molecular weight is 337 g/mol. The van der Waals surface area contributed by atoms with E-state index in [2.05, 4.69) is 21.2 Å². The lowest BCUT2D eigenvalue weighted by molar-refractivity contribution is 0.0776. The molecule has 0 aliphatic heterocycles. The van der Waals surface area contributed by atoms with E-state index in [9.17, 15) is 4.79 Å². The number of hydrogen-bond donors (Lipinski definition) is 1. The molecular weight excluding hydrogens is 320 g/mol. The van der Waals surface area contributed by atoms with Crippen LogP contribution in [0.15, 0.2) is 45.5 Å². The molecule has 2 aromatic rings. The van der Waals surface area contributed by atoms with Crippen LogP contribution >= 0.6 is 15.9 Å². The van der Waals surface area contributed by atoms with Crippen LogP contribution in [0.2, 0.25) is 0 Å². The molecule has 106 valence electrons. The molecule has 0 saturated carbocycles. The smallest absolute Gasteiger partial charge is 0.256 e. The van der Waals surface area contributed by atoms with E-state index < -0.39 is 0 Å². The number of para-hydroxylation sites is 1. The van der Waals surface area contributed by atoms with Crippen molar-refractivity contribution >= 4 is 27.5 Å². The number of furan rings is 1. The first-order valence-corrected chi connectivity index (χ1v) is 7.23. The number of carbonyl (C=O) groups excluding carboxylic acids is 1. The highest BCUT2D eigenvalue weighted by atomic mass is 79.9. The fraction of sp³-hybridized carbons (Fsp3) is 0.267. The topological polar surface area (TPSA) is 45.5 Å². The molecule has 0 aliphatic carbocycles. The van der Waals surface area contributed by atoms with Crippen molar-refractivity contribution in [2.75, 3.05) is 18.9 Å². The van der Waals surface area contributed by atoms with Crippen molar-refractivity contribution in [1.82, 2.24) is 4.90 Å². The summed E-state index contributed by atoms with van der Waals surface area (Å²) >= 11 is 3.26.